The lowest BCUT2D eigenvalue weighted by molar-refractivity contribution is -0.115. The van der Waals surface area contributed by atoms with Gasteiger partial charge in [-0.05, 0) is 59.7 Å². The second kappa shape index (κ2) is 10.7. The smallest absolute Gasteiger partial charge is 0.230 e. The van der Waals surface area contributed by atoms with Gasteiger partial charge in [0.15, 0.2) is 5.58 Å². The molecule has 0 bridgehead atoms. The van der Waals surface area contributed by atoms with E-state index in [2.05, 4.69) is 36.3 Å². The fraction of sp³-hybridized carbons (Fsp3) is 0.156. The first-order valence-corrected chi connectivity index (χ1v) is 13.6. The van der Waals surface area contributed by atoms with Gasteiger partial charge in [0, 0.05) is 55.3 Å². The summed E-state index contributed by atoms with van der Waals surface area (Å²) in [7, 11) is 0. The monoisotopic (exact) mass is 541 g/mol. The van der Waals surface area contributed by atoms with E-state index in [4.69, 9.17) is 9.51 Å². The summed E-state index contributed by atoms with van der Waals surface area (Å²) in [4.78, 5) is 31.1. The van der Waals surface area contributed by atoms with Crippen molar-refractivity contribution in [2.24, 2.45) is 0 Å². The summed E-state index contributed by atoms with van der Waals surface area (Å²) in [6, 6.07) is 25.6. The highest BCUT2D eigenvalue weighted by Gasteiger charge is 2.19. The molecule has 1 N–H and O–H groups in total. The van der Waals surface area contributed by atoms with E-state index in [9.17, 15) is 4.79 Å². The number of amides is 1. The van der Waals surface area contributed by atoms with E-state index in [1.165, 1.54) is 5.69 Å². The number of aromatic nitrogens is 4. The highest BCUT2D eigenvalue weighted by atomic mass is 16.5. The fourth-order valence-electron chi connectivity index (χ4n) is 5.25. The summed E-state index contributed by atoms with van der Waals surface area (Å²) in [6.07, 6.45) is 5.67. The van der Waals surface area contributed by atoms with E-state index < -0.39 is 0 Å². The number of carbonyl (C=O) groups is 1. The zero-order valence-electron chi connectivity index (χ0n) is 22.3. The molecule has 4 heterocycles. The number of carbonyl (C=O) groups excluding carboxylic acids is 1. The molecule has 0 atom stereocenters. The normalized spacial score (nSPS) is 13.6. The maximum Gasteiger partial charge on any atom is 0.230 e. The Morgan fingerprint density at radius 1 is 0.829 bits per heavy atom. The van der Waals surface area contributed by atoms with Crippen molar-refractivity contribution in [3.63, 3.8) is 0 Å². The number of fused-ring (bicyclic) bond motifs is 2. The van der Waals surface area contributed by atoms with Gasteiger partial charge in [-0.1, -0.05) is 35.5 Å². The van der Waals surface area contributed by atoms with Crippen LogP contribution in [0.4, 0.5) is 17.2 Å². The number of hydrogen-bond acceptors (Lipinski definition) is 8. The lowest BCUT2D eigenvalue weighted by Crippen LogP contribution is -2.46. The minimum Gasteiger partial charge on any atom is -0.368 e. The molecule has 6 aromatic rings. The second-order valence-electron chi connectivity index (χ2n) is 10.0. The molecule has 1 amide bonds. The summed E-state index contributed by atoms with van der Waals surface area (Å²) in [5.74, 6) is 0.744. The number of benzene rings is 3. The Bertz CT molecular complexity index is 1830. The molecule has 0 unspecified atom stereocenters. The van der Waals surface area contributed by atoms with Crippen LogP contribution in [-0.2, 0) is 11.2 Å². The molecular weight excluding hydrogens is 514 g/mol. The standard InChI is InChI=1S/C32H27N7O2/c40-32(20-28-26-3-1-2-4-30(26)41-37-28)35-24-8-5-22(6-9-24)23-7-10-27-29(19-23)36-31(21-34-27)39-17-15-38(16-18-39)25-11-13-33-14-12-25/h1-14,19,21H,15-18,20H2,(H,35,40). The van der Waals surface area contributed by atoms with E-state index in [-0.39, 0.29) is 12.3 Å². The maximum atomic E-state index is 12.7. The van der Waals surface area contributed by atoms with Crippen LogP contribution in [0.5, 0.6) is 0 Å². The van der Waals surface area contributed by atoms with Crippen molar-refractivity contribution in [3.05, 3.63) is 103 Å². The summed E-state index contributed by atoms with van der Waals surface area (Å²) in [5.41, 5.74) is 7.01. The number of para-hydroxylation sites is 1. The average Bonchev–Trinajstić information content (AvgIpc) is 3.44. The van der Waals surface area contributed by atoms with Gasteiger partial charge in [-0.15, -0.1) is 0 Å². The van der Waals surface area contributed by atoms with Gasteiger partial charge in [0.25, 0.3) is 0 Å². The summed E-state index contributed by atoms with van der Waals surface area (Å²) >= 11 is 0. The molecule has 3 aromatic carbocycles. The van der Waals surface area contributed by atoms with E-state index in [1.54, 1.807) is 0 Å². The predicted molar refractivity (Wildman–Crippen MR) is 160 cm³/mol. The van der Waals surface area contributed by atoms with Crippen LogP contribution in [0.15, 0.2) is 102 Å². The molecule has 0 aliphatic carbocycles. The number of piperazine rings is 1. The van der Waals surface area contributed by atoms with Crippen LogP contribution in [0.1, 0.15) is 5.69 Å². The van der Waals surface area contributed by atoms with Gasteiger partial charge in [-0.2, -0.15) is 0 Å². The van der Waals surface area contributed by atoms with Crippen molar-refractivity contribution >= 4 is 45.1 Å². The Hall–Kier alpha value is -5.31. The molecule has 0 saturated carbocycles. The zero-order chi connectivity index (χ0) is 27.6. The second-order valence-corrected chi connectivity index (χ2v) is 10.0. The van der Waals surface area contributed by atoms with Crippen LogP contribution in [-0.4, -0.2) is 52.2 Å². The van der Waals surface area contributed by atoms with Crippen LogP contribution in [0.25, 0.3) is 33.1 Å². The molecule has 41 heavy (non-hydrogen) atoms. The Morgan fingerprint density at radius 3 is 2.41 bits per heavy atom. The van der Waals surface area contributed by atoms with E-state index >= 15 is 0 Å². The molecule has 1 aliphatic heterocycles. The van der Waals surface area contributed by atoms with Crippen molar-refractivity contribution in [2.45, 2.75) is 6.42 Å². The molecule has 0 spiro atoms. The lowest BCUT2D eigenvalue weighted by Gasteiger charge is -2.36. The predicted octanol–water partition coefficient (Wildman–Crippen LogP) is 5.34. The summed E-state index contributed by atoms with van der Waals surface area (Å²) in [6.45, 7) is 3.59. The number of anilines is 3. The van der Waals surface area contributed by atoms with Crippen LogP contribution in [0.2, 0.25) is 0 Å². The molecule has 9 nitrogen and oxygen atoms in total. The van der Waals surface area contributed by atoms with Gasteiger partial charge in [0.2, 0.25) is 5.91 Å². The largest absolute Gasteiger partial charge is 0.368 e. The molecule has 1 aliphatic rings. The third-order valence-electron chi connectivity index (χ3n) is 7.44. The van der Waals surface area contributed by atoms with Gasteiger partial charge >= 0.3 is 0 Å². The Morgan fingerprint density at radius 2 is 1.59 bits per heavy atom. The topological polar surface area (TPSA) is 100 Å². The van der Waals surface area contributed by atoms with Gasteiger partial charge in [-0.3, -0.25) is 14.8 Å². The van der Waals surface area contributed by atoms with E-state index in [0.29, 0.717) is 11.3 Å². The average molecular weight is 542 g/mol. The van der Waals surface area contributed by atoms with E-state index in [0.717, 1.165) is 65.2 Å². The van der Waals surface area contributed by atoms with Gasteiger partial charge in [0.05, 0.1) is 23.7 Å². The minimum absolute atomic E-state index is 0.142. The number of nitrogens with zero attached hydrogens (tertiary/aromatic N) is 6. The summed E-state index contributed by atoms with van der Waals surface area (Å²) < 4.78 is 5.31. The minimum atomic E-state index is -0.146. The van der Waals surface area contributed by atoms with E-state index in [1.807, 2.05) is 91.4 Å². The van der Waals surface area contributed by atoms with Crippen LogP contribution in [0.3, 0.4) is 0 Å². The fourth-order valence-corrected chi connectivity index (χ4v) is 5.25. The third kappa shape index (κ3) is 5.17. The number of pyridine rings is 1. The Labute approximate surface area is 236 Å². The quantitative estimate of drug-likeness (QED) is 0.302. The van der Waals surface area contributed by atoms with Gasteiger partial charge in [-0.25, -0.2) is 4.98 Å². The first-order valence-electron chi connectivity index (χ1n) is 13.6. The van der Waals surface area contributed by atoms with Crippen LogP contribution < -0.4 is 15.1 Å². The van der Waals surface area contributed by atoms with Crippen molar-refractivity contribution in [3.8, 4) is 11.1 Å². The van der Waals surface area contributed by atoms with Crippen LogP contribution in [0, 0.1) is 0 Å². The number of nitrogens with one attached hydrogen (secondary N) is 1. The van der Waals surface area contributed by atoms with Crippen molar-refractivity contribution in [1.29, 1.82) is 0 Å². The Balaban J connectivity index is 1.03. The molecule has 1 saturated heterocycles. The maximum absolute atomic E-state index is 12.7. The number of rotatable bonds is 6. The molecule has 3 aromatic heterocycles. The lowest BCUT2D eigenvalue weighted by atomic mass is 10.0. The van der Waals surface area contributed by atoms with Crippen molar-refractivity contribution < 1.29 is 9.32 Å². The first-order chi connectivity index (χ1) is 20.2. The molecular formula is C32H27N7O2. The zero-order valence-corrected chi connectivity index (χ0v) is 22.3. The summed E-state index contributed by atoms with van der Waals surface area (Å²) in [5, 5.41) is 7.86. The SMILES string of the molecule is O=C(Cc1noc2ccccc12)Nc1ccc(-c2ccc3ncc(N4CCN(c5ccncc5)CC4)nc3c2)cc1. The first kappa shape index (κ1) is 24.7. The highest BCUT2D eigenvalue weighted by molar-refractivity contribution is 5.95. The number of hydrogen-bond donors (Lipinski definition) is 1. The van der Waals surface area contributed by atoms with Gasteiger partial charge < -0.3 is 19.6 Å². The third-order valence-corrected chi connectivity index (χ3v) is 7.44. The van der Waals surface area contributed by atoms with Crippen molar-refractivity contribution in [1.82, 2.24) is 20.1 Å². The molecule has 7 rings (SSSR count). The molecule has 0 radical (unpaired) electrons. The molecule has 1 fully saturated rings. The molecule has 202 valence electrons. The molecule has 9 heteroatoms. The highest BCUT2D eigenvalue weighted by Crippen LogP contribution is 2.26. The van der Waals surface area contributed by atoms with Crippen LogP contribution >= 0.6 is 0 Å². The Kier molecular flexibility index (Phi) is 6.44. The van der Waals surface area contributed by atoms with Gasteiger partial charge in [0.1, 0.15) is 11.5 Å². The van der Waals surface area contributed by atoms with Crippen molar-refractivity contribution in [2.75, 3.05) is 41.3 Å².